The van der Waals surface area contributed by atoms with Crippen molar-refractivity contribution in [1.29, 1.82) is 0 Å². The number of hydrogen-bond acceptors (Lipinski definition) is 2. The molecule has 0 saturated carbocycles. The number of aromatic nitrogens is 2. The number of nitrogens with zero attached hydrogens (tertiary/aromatic N) is 1. The van der Waals surface area contributed by atoms with Crippen LogP contribution in [0.2, 0.25) is 0 Å². The number of aromatic amines is 1. The van der Waals surface area contributed by atoms with Gasteiger partial charge < -0.3 is 4.98 Å². The summed E-state index contributed by atoms with van der Waals surface area (Å²) in [6.07, 6.45) is 0. The molecule has 0 fully saturated rings. The lowest BCUT2D eigenvalue weighted by Crippen LogP contribution is -2.12. The summed E-state index contributed by atoms with van der Waals surface area (Å²) >= 11 is 1.89. The van der Waals surface area contributed by atoms with E-state index in [1.165, 1.54) is 0 Å². The predicted octanol–water partition coefficient (Wildman–Crippen LogP) is 3.33. The molecule has 3 rings (SSSR count). The Bertz CT molecular complexity index is 829. The monoisotopic (exact) mass is 366 g/mol. The smallest absolute Gasteiger partial charge is 0.275 e. The minimum atomic E-state index is -0.420. The van der Waals surface area contributed by atoms with E-state index in [1.54, 1.807) is 30.3 Å². The van der Waals surface area contributed by atoms with Crippen molar-refractivity contribution in [2.24, 2.45) is 0 Å². The van der Waals surface area contributed by atoms with Crippen molar-refractivity contribution >= 4 is 33.6 Å². The van der Waals surface area contributed by atoms with Gasteiger partial charge in [0, 0.05) is 9.13 Å². The van der Waals surface area contributed by atoms with Gasteiger partial charge in [-0.05, 0) is 46.9 Å². The normalized spacial score (nSPS) is 10.8. The molecule has 0 spiro atoms. The lowest BCUT2D eigenvalue weighted by atomic mass is 10.1. The van der Waals surface area contributed by atoms with Gasteiger partial charge in [0.25, 0.3) is 5.56 Å². The molecule has 0 aliphatic heterocycles. The van der Waals surface area contributed by atoms with E-state index < -0.39 is 5.82 Å². The van der Waals surface area contributed by atoms with Gasteiger partial charge in [-0.3, -0.25) is 4.79 Å². The molecule has 0 aliphatic carbocycles. The maximum absolute atomic E-state index is 14.1. The van der Waals surface area contributed by atoms with Crippen LogP contribution in [0, 0.1) is 9.39 Å². The lowest BCUT2D eigenvalue weighted by molar-refractivity contribution is 0.623. The van der Waals surface area contributed by atoms with E-state index in [0.717, 1.165) is 0 Å². The topological polar surface area (TPSA) is 45.8 Å². The van der Waals surface area contributed by atoms with Crippen LogP contribution in [0.3, 0.4) is 0 Å². The highest BCUT2D eigenvalue weighted by Crippen LogP contribution is 2.23. The zero-order chi connectivity index (χ0) is 13.4. The van der Waals surface area contributed by atoms with Crippen molar-refractivity contribution in [2.45, 2.75) is 0 Å². The van der Waals surface area contributed by atoms with Crippen LogP contribution < -0.4 is 5.56 Å². The second-order valence-corrected chi connectivity index (χ2v) is 5.20. The van der Waals surface area contributed by atoms with Crippen LogP contribution in [0.4, 0.5) is 4.39 Å². The van der Waals surface area contributed by atoms with Gasteiger partial charge in [-0.1, -0.05) is 18.2 Å². The molecule has 0 saturated heterocycles. The van der Waals surface area contributed by atoms with Crippen molar-refractivity contribution in [2.75, 3.05) is 0 Å². The third kappa shape index (κ3) is 2.14. The summed E-state index contributed by atoms with van der Waals surface area (Å²) in [6.45, 7) is 0. The van der Waals surface area contributed by atoms with E-state index in [-0.39, 0.29) is 16.8 Å². The summed E-state index contributed by atoms with van der Waals surface area (Å²) in [6, 6.07) is 12.1. The van der Waals surface area contributed by atoms with Crippen LogP contribution in [0.25, 0.3) is 22.3 Å². The van der Waals surface area contributed by atoms with Gasteiger partial charge in [-0.2, -0.15) is 0 Å². The van der Waals surface area contributed by atoms with Crippen LogP contribution in [0.1, 0.15) is 0 Å². The van der Waals surface area contributed by atoms with Gasteiger partial charge in [0.1, 0.15) is 11.5 Å². The molecule has 0 unspecified atom stereocenters. The number of fused-ring (bicyclic) bond motifs is 1. The van der Waals surface area contributed by atoms with Gasteiger partial charge in [0.2, 0.25) is 0 Å². The predicted molar refractivity (Wildman–Crippen MR) is 80.5 cm³/mol. The molecule has 1 aromatic heterocycles. The molecule has 0 bridgehead atoms. The summed E-state index contributed by atoms with van der Waals surface area (Å²) in [5.41, 5.74) is 1.21. The quantitative estimate of drug-likeness (QED) is 0.672. The summed E-state index contributed by atoms with van der Waals surface area (Å²) < 4.78 is 14.5. The first-order valence-electron chi connectivity index (χ1n) is 5.60. The highest BCUT2D eigenvalue weighted by Gasteiger charge is 2.13. The summed E-state index contributed by atoms with van der Waals surface area (Å²) in [4.78, 5) is 19.0. The first-order valence-corrected chi connectivity index (χ1v) is 6.68. The molecule has 0 atom stereocenters. The molecular formula is C14H8FIN2O. The number of hydrogen-bond donors (Lipinski definition) is 1. The number of para-hydroxylation sites is 2. The average molecular weight is 366 g/mol. The lowest BCUT2D eigenvalue weighted by Gasteiger charge is -2.05. The number of H-pyrrole nitrogens is 1. The number of rotatable bonds is 1. The van der Waals surface area contributed by atoms with Gasteiger partial charge in [-0.25, -0.2) is 9.37 Å². The fourth-order valence-corrected chi connectivity index (χ4v) is 2.40. The van der Waals surface area contributed by atoms with Crippen molar-refractivity contribution in [3.63, 3.8) is 0 Å². The molecule has 5 heteroatoms. The largest absolute Gasteiger partial charge is 0.319 e. The maximum atomic E-state index is 14.1. The SMILES string of the molecule is O=c1[nH]c2ccccc2nc1-c1cccc(I)c1F. The number of nitrogens with one attached hydrogen (secondary N) is 1. The Morgan fingerprint density at radius 2 is 1.89 bits per heavy atom. The molecule has 0 amide bonds. The minimum Gasteiger partial charge on any atom is -0.319 e. The summed E-state index contributed by atoms with van der Waals surface area (Å²) in [5.74, 6) is -0.420. The third-order valence-electron chi connectivity index (χ3n) is 2.81. The summed E-state index contributed by atoms with van der Waals surface area (Å²) in [7, 11) is 0. The average Bonchev–Trinajstić information content (AvgIpc) is 2.41. The third-order valence-corrected chi connectivity index (χ3v) is 3.64. The Balaban J connectivity index is 2.34. The van der Waals surface area contributed by atoms with E-state index in [4.69, 9.17) is 0 Å². The zero-order valence-electron chi connectivity index (χ0n) is 9.65. The van der Waals surface area contributed by atoms with E-state index >= 15 is 0 Å². The van der Waals surface area contributed by atoms with Crippen molar-refractivity contribution in [3.05, 3.63) is 62.2 Å². The Hall–Kier alpha value is -1.76. The van der Waals surface area contributed by atoms with Crippen LogP contribution in [-0.4, -0.2) is 9.97 Å². The van der Waals surface area contributed by atoms with Crippen LogP contribution in [0.15, 0.2) is 47.3 Å². The Morgan fingerprint density at radius 3 is 2.74 bits per heavy atom. The first-order chi connectivity index (χ1) is 9.16. The maximum Gasteiger partial charge on any atom is 0.275 e. The van der Waals surface area contributed by atoms with Crippen molar-refractivity contribution < 1.29 is 4.39 Å². The van der Waals surface area contributed by atoms with Gasteiger partial charge >= 0.3 is 0 Å². The zero-order valence-corrected chi connectivity index (χ0v) is 11.8. The fraction of sp³-hybridized carbons (Fsp3) is 0. The number of halogens is 2. The van der Waals surface area contributed by atoms with Crippen molar-refractivity contribution in [3.8, 4) is 11.3 Å². The molecule has 3 nitrogen and oxygen atoms in total. The standard InChI is InChI=1S/C14H8FIN2O/c15-12-8(4-3-5-9(12)16)13-14(19)18-11-7-2-1-6-10(11)17-13/h1-7H,(H,18,19). The van der Waals surface area contributed by atoms with Gasteiger partial charge in [0.05, 0.1) is 11.0 Å². The molecule has 1 heterocycles. The second-order valence-electron chi connectivity index (χ2n) is 4.03. The Kier molecular flexibility index (Phi) is 3.06. The number of benzene rings is 2. The molecule has 3 aromatic rings. The van der Waals surface area contributed by atoms with E-state index in [2.05, 4.69) is 9.97 Å². The molecule has 94 valence electrons. The highest BCUT2D eigenvalue weighted by molar-refractivity contribution is 14.1. The highest BCUT2D eigenvalue weighted by atomic mass is 127. The van der Waals surface area contributed by atoms with E-state index in [1.807, 2.05) is 34.7 Å². The van der Waals surface area contributed by atoms with Crippen LogP contribution in [-0.2, 0) is 0 Å². The second kappa shape index (κ2) is 4.73. The Labute approximate surface area is 121 Å². The fourth-order valence-electron chi connectivity index (χ4n) is 1.90. The van der Waals surface area contributed by atoms with Gasteiger partial charge in [0.15, 0.2) is 0 Å². The van der Waals surface area contributed by atoms with E-state index in [9.17, 15) is 9.18 Å². The summed E-state index contributed by atoms with van der Waals surface area (Å²) in [5, 5.41) is 0. The van der Waals surface area contributed by atoms with Gasteiger partial charge in [-0.15, -0.1) is 0 Å². The van der Waals surface area contributed by atoms with E-state index in [0.29, 0.717) is 14.6 Å². The molecule has 0 aliphatic rings. The minimum absolute atomic E-state index is 0.106. The van der Waals surface area contributed by atoms with Crippen molar-refractivity contribution in [1.82, 2.24) is 9.97 Å². The molecule has 2 aromatic carbocycles. The molecule has 0 radical (unpaired) electrons. The van der Waals surface area contributed by atoms with Crippen LogP contribution in [0.5, 0.6) is 0 Å². The first kappa shape index (κ1) is 12.3. The Morgan fingerprint density at radius 1 is 1.11 bits per heavy atom. The molecular weight excluding hydrogens is 358 g/mol. The van der Waals surface area contributed by atoms with Crippen LogP contribution >= 0.6 is 22.6 Å². The molecule has 19 heavy (non-hydrogen) atoms. The molecule has 1 N–H and O–H groups in total.